The van der Waals surface area contributed by atoms with Crippen molar-refractivity contribution in [1.29, 1.82) is 0 Å². The molecule has 1 aliphatic heterocycles. The SMILES string of the molecule is Cc1ccccc1NC(=O)C(=O)NCC1CCN(C(=O)Nc2ccc(F)cc2)CC1. The minimum Gasteiger partial charge on any atom is -0.348 e. The Morgan fingerprint density at radius 2 is 1.63 bits per heavy atom. The molecule has 0 aliphatic carbocycles. The number of carbonyl (C=O) groups excluding carboxylic acids is 3. The number of likely N-dealkylation sites (tertiary alicyclic amines) is 1. The standard InChI is InChI=1S/C22H25FN4O3/c1-15-4-2-3-5-19(15)26-21(29)20(28)24-14-16-10-12-27(13-11-16)22(30)25-18-8-6-17(23)7-9-18/h2-9,16H,10-14H2,1H3,(H,24,28)(H,25,30)(H,26,29). The molecule has 3 rings (SSSR count). The molecule has 0 bridgehead atoms. The normalized spacial score (nSPS) is 14.1. The van der Waals surface area contributed by atoms with Gasteiger partial charge in [0.1, 0.15) is 5.82 Å². The van der Waals surface area contributed by atoms with E-state index in [4.69, 9.17) is 0 Å². The molecule has 1 saturated heterocycles. The van der Waals surface area contributed by atoms with Gasteiger partial charge in [0.15, 0.2) is 0 Å². The van der Waals surface area contributed by atoms with Crippen molar-refractivity contribution in [2.75, 3.05) is 30.3 Å². The highest BCUT2D eigenvalue weighted by Crippen LogP contribution is 2.18. The van der Waals surface area contributed by atoms with Gasteiger partial charge in [0.25, 0.3) is 0 Å². The first-order chi connectivity index (χ1) is 14.4. The molecule has 2 aromatic carbocycles. The van der Waals surface area contributed by atoms with E-state index in [1.165, 1.54) is 24.3 Å². The van der Waals surface area contributed by atoms with Gasteiger partial charge >= 0.3 is 17.8 Å². The number of rotatable bonds is 4. The molecule has 0 atom stereocenters. The Morgan fingerprint density at radius 3 is 2.30 bits per heavy atom. The fourth-order valence-electron chi connectivity index (χ4n) is 3.29. The Kier molecular flexibility index (Phi) is 7.00. The molecule has 4 amide bonds. The van der Waals surface area contributed by atoms with Crippen molar-refractivity contribution < 1.29 is 18.8 Å². The molecule has 0 aromatic heterocycles. The molecule has 1 heterocycles. The van der Waals surface area contributed by atoms with Gasteiger partial charge in [0.2, 0.25) is 0 Å². The van der Waals surface area contributed by atoms with Crippen LogP contribution in [-0.4, -0.2) is 42.4 Å². The summed E-state index contributed by atoms with van der Waals surface area (Å²) in [4.78, 5) is 38.1. The quantitative estimate of drug-likeness (QED) is 0.674. The Labute approximate surface area is 174 Å². The summed E-state index contributed by atoms with van der Waals surface area (Å²) in [7, 11) is 0. The van der Waals surface area contributed by atoms with Crippen LogP contribution in [0.2, 0.25) is 0 Å². The van der Waals surface area contributed by atoms with Gasteiger partial charge in [-0.15, -0.1) is 0 Å². The smallest absolute Gasteiger partial charge is 0.321 e. The maximum atomic E-state index is 12.9. The van der Waals surface area contributed by atoms with Crippen molar-refractivity contribution in [2.45, 2.75) is 19.8 Å². The number of benzene rings is 2. The lowest BCUT2D eigenvalue weighted by atomic mass is 9.97. The molecule has 0 unspecified atom stereocenters. The lowest BCUT2D eigenvalue weighted by molar-refractivity contribution is -0.136. The maximum absolute atomic E-state index is 12.9. The first-order valence-corrected chi connectivity index (χ1v) is 9.88. The Morgan fingerprint density at radius 1 is 0.967 bits per heavy atom. The van der Waals surface area contributed by atoms with Gasteiger partial charge in [-0.3, -0.25) is 9.59 Å². The van der Waals surface area contributed by atoms with Crippen LogP contribution in [0, 0.1) is 18.7 Å². The average molecular weight is 412 g/mol. The Bertz CT molecular complexity index is 909. The topological polar surface area (TPSA) is 90.5 Å². The molecular weight excluding hydrogens is 387 g/mol. The number of carbonyl (C=O) groups is 3. The molecule has 0 saturated carbocycles. The molecule has 1 fully saturated rings. The average Bonchev–Trinajstić information content (AvgIpc) is 2.75. The van der Waals surface area contributed by atoms with Crippen LogP contribution in [0.4, 0.5) is 20.6 Å². The molecule has 1 aliphatic rings. The van der Waals surface area contributed by atoms with E-state index in [1.54, 1.807) is 17.0 Å². The van der Waals surface area contributed by atoms with Crippen molar-refractivity contribution >= 4 is 29.2 Å². The van der Waals surface area contributed by atoms with Gasteiger partial charge in [0.05, 0.1) is 0 Å². The molecule has 0 spiro atoms. The van der Waals surface area contributed by atoms with Crippen molar-refractivity contribution in [3.63, 3.8) is 0 Å². The van der Waals surface area contributed by atoms with Crippen LogP contribution in [0.15, 0.2) is 48.5 Å². The Hall–Kier alpha value is -3.42. The van der Waals surface area contributed by atoms with E-state index in [2.05, 4.69) is 16.0 Å². The zero-order valence-corrected chi connectivity index (χ0v) is 16.8. The predicted molar refractivity (Wildman–Crippen MR) is 113 cm³/mol. The first-order valence-electron chi connectivity index (χ1n) is 9.88. The molecule has 8 heteroatoms. The van der Waals surface area contributed by atoms with Crippen LogP contribution in [0.5, 0.6) is 0 Å². The monoisotopic (exact) mass is 412 g/mol. The van der Waals surface area contributed by atoms with E-state index in [-0.39, 0.29) is 17.8 Å². The molecular formula is C22H25FN4O3. The summed E-state index contributed by atoms with van der Waals surface area (Å²) in [5, 5.41) is 8.03. The molecule has 2 aromatic rings. The van der Waals surface area contributed by atoms with Crippen molar-refractivity contribution in [2.24, 2.45) is 5.92 Å². The highest BCUT2D eigenvalue weighted by molar-refractivity contribution is 6.39. The summed E-state index contributed by atoms with van der Waals surface area (Å²) < 4.78 is 12.9. The highest BCUT2D eigenvalue weighted by Gasteiger charge is 2.24. The number of hydrogen-bond donors (Lipinski definition) is 3. The number of hydrogen-bond acceptors (Lipinski definition) is 3. The third-order valence-electron chi connectivity index (χ3n) is 5.15. The van der Waals surface area contributed by atoms with Crippen LogP contribution >= 0.6 is 0 Å². The van der Waals surface area contributed by atoms with Gasteiger partial charge in [-0.05, 0) is 61.6 Å². The van der Waals surface area contributed by atoms with E-state index >= 15 is 0 Å². The summed E-state index contributed by atoms with van der Waals surface area (Å²) in [6.45, 7) is 3.33. The fraction of sp³-hybridized carbons (Fsp3) is 0.318. The van der Waals surface area contributed by atoms with E-state index in [1.807, 2.05) is 19.1 Å². The first kappa shape index (κ1) is 21.3. The third kappa shape index (κ3) is 5.79. The largest absolute Gasteiger partial charge is 0.348 e. The molecule has 3 N–H and O–H groups in total. The van der Waals surface area contributed by atoms with Gasteiger partial charge in [-0.25, -0.2) is 9.18 Å². The van der Waals surface area contributed by atoms with Crippen LogP contribution in [-0.2, 0) is 9.59 Å². The molecule has 0 radical (unpaired) electrons. The number of nitrogens with one attached hydrogen (secondary N) is 3. The van der Waals surface area contributed by atoms with E-state index in [0.717, 1.165) is 18.4 Å². The number of halogens is 1. The van der Waals surface area contributed by atoms with E-state index in [9.17, 15) is 18.8 Å². The van der Waals surface area contributed by atoms with Crippen LogP contribution in [0.1, 0.15) is 18.4 Å². The van der Waals surface area contributed by atoms with Gasteiger partial charge in [-0.1, -0.05) is 18.2 Å². The van der Waals surface area contributed by atoms with Crippen LogP contribution in [0.3, 0.4) is 0 Å². The minimum absolute atomic E-state index is 0.190. The number of para-hydroxylation sites is 1. The predicted octanol–water partition coefficient (Wildman–Crippen LogP) is 3.13. The van der Waals surface area contributed by atoms with Crippen LogP contribution < -0.4 is 16.0 Å². The summed E-state index contributed by atoms with van der Waals surface area (Å²) in [5.74, 6) is -1.53. The zero-order chi connectivity index (χ0) is 21.5. The lowest BCUT2D eigenvalue weighted by Crippen LogP contribution is -2.44. The van der Waals surface area contributed by atoms with Crippen molar-refractivity contribution in [3.8, 4) is 0 Å². The summed E-state index contributed by atoms with van der Waals surface area (Å²) in [6.07, 6.45) is 1.44. The Balaban J connectivity index is 1.39. The maximum Gasteiger partial charge on any atom is 0.321 e. The number of aryl methyl sites for hydroxylation is 1. The number of nitrogens with zero attached hydrogens (tertiary/aromatic N) is 1. The van der Waals surface area contributed by atoms with Crippen molar-refractivity contribution in [3.05, 3.63) is 59.9 Å². The highest BCUT2D eigenvalue weighted by atomic mass is 19.1. The second kappa shape index (κ2) is 9.87. The fourth-order valence-corrected chi connectivity index (χ4v) is 3.29. The second-order valence-corrected chi connectivity index (χ2v) is 7.35. The summed E-state index contributed by atoms with van der Waals surface area (Å²) in [6, 6.07) is 12.6. The third-order valence-corrected chi connectivity index (χ3v) is 5.15. The second-order valence-electron chi connectivity index (χ2n) is 7.35. The van der Waals surface area contributed by atoms with Gasteiger partial charge in [0, 0.05) is 31.0 Å². The number of anilines is 2. The zero-order valence-electron chi connectivity index (χ0n) is 16.8. The van der Waals surface area contributed by atoms with Gasteiger partial charge < -0.3 is 20.9 Å². The molecule has 7 nitrogen and oxygen atoms in total. The van der Waals surface area contributed by atoms with E-state index in [0.29, 0.717) is 31.0 Å². The van der Waals surface area contributed by atoms with Crippen molar-refractivity contribution in [1.82, 2.24) is 10.2 Å². The molecule has 158 valence electrons. The minimum atomic E-state index is -0.694. The number of piperidine rings is 1. The molecule has 30 heavy (non-hydrogen) atoms. The van der Waals surface area contributed by atoms with Gasteiger partial charge in [-0.2, -0.15) is 0 Å². The number of amides is 4. The summed E-state index contributed by atoms with van der Waals surface area (Å²) >= 11 is 0. The van der Waals surface area contributed by atoms with E-state index < -0.39 is 11.8 Å². The summed E-state index contributed by atoms with van der Waals surface area (Å²) in [5.41, 5.74) is 2.03. The van der Waals surface area contributed by atoms with Crippen LogP contribution in [0.25, 0.3) is 0 Å². The number of urea groups is 1. The lowest BCUT2D eigenvalue weighted by Gasteiger charge is -2.32.